The Morgan fingerprint density at radius 1 is 1.58 bits per heavy atom. The molecule has 0 saturated heterocycles. The zero-order valence-corrected chi connectivity index (χ0v) is 7.19. The van der Waals surface area contributed by atoms with Gasteiger partial charge in [0.25, 0.3) is 0 Å². The SMILES string of the molecule is CN1CCN=C1NC(CO)CO. The number of aliphatic imine (C=N–C) groups is 1. The molecule has 1 heterocycles. The number of nitrogens with one attached hydrogen (secondary N) is 1. The van der Waals surface area contributed by atoms with Crippen molar-refractivity contribution in [1.29, 1.82) is 0 Å². The van der Waals surface area contributed by atoms with E-state index in [0.29, 0.717) is 0 Å². The van der Waals surface area contributed by atoms with Crippen molar-refractivity contribution in [3.63, 3.8) is 0 Å². The lowest BCUT2D eigenvalue weighted by Gasteiger charge is -2.19. The van der Waals surface area contributed by atoms with E-state index in [1.54, 1.807) is 0 Å². The number of likely N-dealkylation sites (N-methyl/N-ethyl adjacent to an activating group) is 1. The van der Waals surface area contributed by atoms with E-state index in [-0.39, 0.29) is 19.3 Å². The topological polar surface area (TPSA) is 68.1 Å². The van der Waals surface area contributed by atoms with Crippen LogP contribution in [0.1, 0.15) is 0 Å². The standard InChI is InChI=1S/C7H15N3O2/c1-10-3-2-8-7(10)9-6(4-11)5-12/h6,11-12H,2-5H2,1H3,(H,8,9). The van der Waals surface area contributed by atoms with Gasteiger partial charge in [-0.1, -0.05) is 0 Å². The molecule has 3 N–H and O–H groups in total. The minimum Gasteiger partial charge on any atom is -0.394 e. The summed E-state index contributed by atoms with van der Waals surface area (Å²) >= 11 is 0. The Kier molecular flexibility index (Phi) is 3.31. The first kappa shape index (κ1) is 9.28. The Morgan fingerprint density at radius 3 is 2.67 bits per heavy atom. The summed E-state index contributed by atoms with van der Waals surface area (Å²) in [6.45, 7) is 1.51. The van der Waals surface area contributed by atoms with Gasteiger partial charge in [-0.2, -0.15) is 0 Å². The first-order valence-corrected chi connectivity index (χ1v) is 4.01. The molecule has 0 aromatic heterocycles. The van der Waals surface area contributed by atoms with E-state index in [2.05, 4.69) is 10.3 Å². The molecule has 0 amide bonds. The molecule has 1 aliphatic heterocycles. The molecule has 0 aromatic rings. The van der Waals surface area contributed by atoms with Crippen LogP contribution in [0.5, 0.6) is 0 Å². The lowest BCUT2D eigenvalue weighted by molar-refractivity contribution is 0.181. The summed E-state index contributed by atoms with van der Waals surface area (Å²) in [4.78, 5) is 6.12. The third-order valence-electron chi connectivity index (χ3n) is 1.83. The highest BCUT2D eigenvalue weighted by Crippen LogP contribution is 1.95. The van der Waals surface area contributed by atoms with E-state index < -0.39 is 0 Å². The molecule has 12 heavy (non-hydrogen) atoms. The van der Waals surface area contributed by atoms with Crippen LogP contribution in [-0.2, 0) is 0 Å². The Bertz CT molecular complexity index is 168. The van der Waals surface area contributed by atoms with E-state index in [4.69, 9.17) is 10.2 Å². The lowest BCUT2D eigenvalue weighted by Crippen LogP contribution is -2.45. The molecular formula is C7H15N3O2. The predicted molar refractivity (Wildman–Crippen MR) is 46.0 cm³/mol. The highest BCUT2D eigenvalue weighted by Gasteiger charge is 2.15. The second-order valence-electron chi connectivity index (χ2n) is 2.83. The van der Waals surface area contributed by atoms with Gasteiger partial charge in [0, 0.05) is 13.6 Å². The van der Waals surface area contributed by atoms with Crippen LogP contribution >= 0.6 is 0 Å². The summed E-state index contributed by atoms with van der Waals surface area (Å²) in [6, 6.07) is -0.302. The Labute approximate surface area is 71.7 Å². The predicted octanol–water partition coefficient (Wildman–Crippen LogP) is -1.77. The molecule has 0 fully saturated rings. The number of nitrogens with zero attached hydrogens (tertiary/aromatic N) is 2. The maximum atomic E-state index is 8.78. The number of rotatable bonds is 3. The van der Waals surface area contributed by atoms with Crippen LogP contribution in [0.2, 0.25) is 0 Å². The van der Waals surface area contributed by atoms with Gasteiger partial charge in [-0.15, -0.1) is 0 Å². The van der Waals surface area contributed by atoms with Gasteiger partial charge in [0.05, 0.1) is 25.8 Å². The van der Waals surface area contributed by atoms with Gasteiger partial charge in [-0.3, -0.25) is 4.99 Å². The number of hydrogen-bond acceptors (Lipinski definition) is 5. The first-order valence-electron chi connectivity index (χ1n) is 4.01. The maximum absolute atomic E-state index is 8.78. The molecule has 5 heteroatoms. The van der Waals surface area contributed by atoms with Crippen LogP contribution < -0.4 is 5.32 Å². The minimum absolute atomic E-state index is 0.0800. The fourth-order valence-corrected chi connectivity index (χ4v) is 1.02. The van der Waals surface area contributed by atoms with Crippen LogP contribution in [0.3, 0.4) is 0 Å². The summed E-state index contributed by atoms with van der Waals surface area (Å²) in [5.41, 5.74) is 0. The first-order chi connectivity index (χ1) is 5.77. The monoisotopic (exact) mass is 173 g/mol. The summed E-state index contributed by atoms with van der Waals surface area (Å²) in [7, 11) is 1.92. The number of aliphatic hydroxyl groups excluding tert-OH is 2. The number of guanidine groups is 1. The lowest BCUT2D eigenvalue weighted by atomic mass is 10.3. The van der Waals surface area contributed by atoms with E-state index >= 15 is 0 Å². The quantitative estimate of drug-likeness (QED) is 0.472. The molecule has 5 nitrogen and oxygen atoms in total. The van der Waals surface area contributed by atoms with E-state index in [0.717, 1.165) is 19.0 Å². The summed E-state index contributed by atoms with van der Waals surface area (Å²) in [6.07, 6.45) is 0. The van der Waals surface area contributed by atoms with E-state index in [9.17, 15) is 0 Å². The van der Waals surface area contributed by atoms with Crippen molar-refractivity contribution in [3.05, 3.63) is 0 Å². The molecule has 0 aromatic carbocycles. The molecule has 1 rings (SSSR count). The van der Waals surface area contributed by atoms with Crippen LogP contribution in [0.25, 0.3) is 0 Å². The molecule has 70 valence electrons. The van der Waals surface area contributed by atoms with Crippen molar-refractivity contribution in [2.45, 2.75) is 6.04 Å². The van der Waals surface area contributed by atoms with Crippen LogP contribution in [-0.4, -0.2) is 60.5 Å². The zero-order valence-electron chi connectivity index (χ0n) is 7.19. The summed E-state index contributed by atoms with van der Waals surface area (Å²) in [5.74, 6) is 0.753. The van der Waals surface area contributed by atoms with Crippen LogP contribution in [0.4, 0.5) is 0 Å². The highest BCUT2D eigenvalue weighted by atomic mass is 16.3. The molecule has 0 spiro atoms. The zero-order chi connectivity index (χ0) is 8.97. The third kappa shape index (κ3) is 2.09. The van der Waals surface area contributed by atoms with Gasteiger partial charge in [0.15, 0.2) is 5.96 Å². The summed E-state index contributed by atoms with van der Waals surface area (Å²) in [5, 5.41) is 20.5. The fraction of sp³-hybridized carbons (Fsp3) is 0.857. The molecular weight excluding hydrogens is 158 g/mol. The summed E-state index contributed by atoms with van der Waals surface area (Å²) < 4.78 is 0. The smallest absolute Gasteiger partial charge is 0.194 e. The van der Waals surface area contributed by atoms with Gasteiger partial charge >= 0.3 is 0 Å². The van der Waals surface area contributed by atoms with Gasteiger partial charge in [-0.25, -0.2) is 0 Å². The Hall–Kier alpha value is -0.810. The van der Waals surface area contributed by atoms with Crippen LogP contribution in [0.15, 0.2) is 4.99 Å². The van der Waals surface area contributed by atoms with Crippen molar-refractivity contribution in [2.75, 3.05) is 33.4 Å². The average Bonchev–Trinajstić information content (AvgIpc) is 2.47. The van der Waals surface area contributed by atoms with Crippen molar-refractivity contribution < 1.29 is 10.2 Å². The van der Waals surface area contributed by atoms with E-state index in [1.807, 2.05) is 11.9 Å². The van der Waals surface area contributed by atoms with Gasteiger partial charge in [0.1, 0.15) is 0 Å². The molecule has 0 saturated carbocycles. The van der Waals surface area contributed by atoms with Gasteiger partial charge in [0.2, 0.25) is 0 Å². The minimum atomic E-state index is -0.302. The molecule has 1 aliphatic rings. The molecule has 0 bridgehead atoms. The largest absolute Gasteiger partial charge is 0.394 e. The fourth-order valence-electron chi connectivity index (χ4n) is 1.02. The maximum Gasteiger partial charge on any atom is 0.194 e. The van der Waals surface area contributed by atoms with Crippen molar-refractivity contribution in [2.24, 2.45) is 4.99 Å². The van der Waals surface area contributed by atoms with E-state index in [1.165, 1.54) is 0 Å². The second kappa shape index (κ2) is 4.27. The Balaban J connectivity index is 2.38. The molecule has 0 aliphatic carbocycles. The Morgan fingerprint density at radius 2 is 2.25 bits per heavy atom. The molecule has 0 unspecified atom stereocenters. The highest BCUT2D eigenvalue weighted by molar-refractivity contribution is 5.81. The van der Waals surface area contributed by atoms with Gasteiger partial charge < -0.3 is 20.4 Å². The van der Waals surface area contributed by atoms with Crippen molar-refractivity contribution in [3.8, 4) is 0 Å². The third-order valence-corrected chi connectivity index (χ3v) is 1.83. The average molecular weight is 173 g/mol. The van der Waals surface area contributed by atoms with Crippen LogP contribution in [0, 0.1) is 0 Å². The number of aliphatic hydroxyl groups is 2. The van der Waals surface area contributed by atoms with Crippen molar-refractivity contribution >= 4 is 5.96 Å². The van der Waals surface area contributed by atoms with Gasteiger partial charge in [-0.05, 0) is 0 Å². The molecule has 0 atom stereocenters. The number of hydrogen-bond donors (Lipinski definition) is 3. The second-order valence-corrected chi connectivity index (χ2v) is 2.83. The molecule has 0 radical (unpaired) electrons. The van der Waals surface area contributed by atoms with Crippen molar-refractivity contribution in [1.82, 2.24) is 10.2 Å². The normalized spacial score (nSPS) is 17.0.